The van der Waals surface area contributed by atoms with Crippen molar-refractivity contribution in [3.8, 4) is 5.75 Å². The van der Waals surface area contributed by atoms with E-state index in [2.05, 4.69) is 30.5 Å². The number of ether oxygens (including phenoxy) is 3. The Morgan fingerprint density at radius 2 is 1.89 bits per heavy atom. The summed E-state index contributed by atoms with van der Waals surface area (Å²) in [5, 5.41) is 14.1. The molecular weight excluding hydrogens is 594 g/mol. The third-order valence-electron chi connectivity index (χ3n) is 10.3. The average molecular weight is 636 g/mol. The Kier molecular flexibility index (Phi) is 8.03. The number of benzene rings is 2. The zero-order valence-electron chi connectivity index (χ0n) is 26.4. The topological polar surface area (TPSA) is 135 Å². The first kappa shape index (κ1) is 31.2. The first-order valence-electron chi connectivity index (χ1n) is 15.6. The van der Waals surface area contributed by atoms with Crippen LogP contribution in [-0.4, -0.2) is 80.4 Å². The Hall–Kier alpha value is -3.74. The molecule has 0 bridgehead atoms. The highest BCUT2D eigenvalue weighted by atomic mass is 28.3. The maximum atomic E-state index is 14.1. The van der Waals surface area contributed by atoms with Crippen LogP contribution in [0.1, 0.15) is 45.1 Å². The SMILES string of the molecule is COc1ccc([Si](C)(C)[C@@H]2[C@@H](CC(=O)N3CCC[C@H]3CO)O[C@]3(C(=O)Nc4ccc(N5C(=O)CC5OC(C)=O)cc43)[C@H]2C)cc1. The van der Waals surface area contributed by atoms with Gasteiger partial charge in [-0.05, 0) is 48.7 Å². The fourth-order valence-electron chi connectivity index (χ4n) is 8.10. The van der Waals surface area contributed by atoms with Crippen LogP contribution in [0.2, 0.25) is 18.6 Å². The highest BCUT2D eigenvalue weighted by molar-refractivity contribution is 6.91. The van der Waals surface area contributed by atoms with Crippen LogP contribution in [-0.2, 0) is 34.3 Å². The molecule has 240 valence electrons. The van der Waals surface area contributed by atoms with E-state index in [1.165, 1.54) is 11.8 Å². The van der Waals surface area contributed by atoms with Crippen molar-refractivity contribution in [2.45, 2.75) is 82.1 Å². The number of fused-ring (bicyclic) bond motifs is 2. The number of carbonyl (C=O) groups excluding carboxylic acids is 4. The fraction of sp³-hybridized carbons (Fsp3) is 0.515. The van der Waals surface area contributed by atoms with E-state index in [4.69, 9.17) is 14.2 Å². The molecule has 4 aliphatic heterocycles. The van der Waals surface area contributed by atoms with Gasteiger partial charge in [0.2, 0.25) is 11.8 Å². The van der Waals surface area contributed by atoms with Crippen LogP contribution < -0.4 is 20.1 Å². The smallest absolute Gasteiger partial charge is 0.304 e. The van der Waals surface area contributed by atoms with Gasteiger partial charge in [-0.3, -0.25) is 24.1 Å². The van der Waals surface area contributed by atoms with Crippen molar-refractivity contribution in [1.29, 1.82) is 0 Å². The number of nitrogens with zero attached hydrogens (tertiary/aromatic N) is 2. The van der Waals surface area contributed by atoms with Crippen LogP contribution in [0.4, 0.5) is 11.4 Å². The van der Waals surface area contributed by atoms with Crippen LogP contribution >= 0.6 is 0 Å². The quantitative estimate of drug-likeness (QED) is 0.257. The summed E-state index contributed by atoms with van der Waals surface area (Å²) in [6.07, 6.45) is 0.477. The third kappa shape index (κ3) is 5.03. The summed E-state index contributed by atoms with van der Waals surface area (Å²) < 4.78 is 17.7. The second-order valence-corrected chi connectivity index (χ2v) is 17.8. The second-order valence-electron chi connectivity index (χ2n) is 13.1. The maximum Gasteiger partial charge on any atom is 0.304 e. The van der Waals surface area contributed by atoms with Gasteiger partial charge in [0.15, 0.2) is 11.8 Å². The number of esters is 1. The zero-order valence-corrected chi connectivity index (χ0v) is 27.4. The van der Waals surface area contributed by atoms with Crippen LogP contribution in [0.3, 0.4) is 0 Å². The average Bonchev–Trinajstić information content (AvgIpc) is 3.67. The van der Waals surface area contributed by atoms with Gasteiger partial charge in [0, 0.05) is 36.3 Å². The number of methoxy groups -OCH3 is 1. The van der Waals surface area contributed by atoms with E-state index in [1.807, 2.05) is 19.1 Å². The Bertz CT molecular complexity index is 1530. The van der Waals surface area contributed by atoms with Crippen molar-refractivity contribution in [3.63, 3.8) is 0 Å². The predicted octanol–water partition coefficient (Wildman–Crippen LogP) is 2.86. The van der Waals surface area contributed by atoms with E-state index < -0.39 is 32.0 Å². The molecule has 45 heavy (non-hydrogen) atoms. The van der Waals surface area contributed by atoms with E-state index in [9.17, 15) is 24.3 Å². The normalized spacial score (nSPS) is 29.1. The molecule has 0 aliphatic carbocycles. The van der Waals surface area contributed by atoms with Gasteiger partial charge in [-0.1, -0.05) is 37.3 Å². The number of aliphatic hydroxyl groups is 1. The number of anilines is 2. The highest BCUT2D eigenvalue weighted by Gasteiger charge is 2.65. The number of carbonyl (C=O) groups is 4. The zero-order chi connectivity index (χ0) is 32.3. The van der Waals surface area contributed by atoms with Gasteiger partial charge < -0.3 is 29.5 Å². The number of aliphatic hydroxyl groups excluding tert-OH is 1. The van der Waals surface area contributed by atoms with Gasteiger partial charge in [0.05, 0.1) is 46.8 Å². The van der Waals surface area contributed by atoms with E-state index >= 15 is 0 Å². The lowest BCUT2D eigenvalue weighted by Crippen LogP contribution is -2.55. The molecular formula is C33H41N3O8Si. The molecule has 6 rings (SSSR count). The Morgan fingerprint density at radius 3 is 2.53 bits per heavy atom. The summed E-state index contributed by atoms with van der Waals surface area (Å²) in [6, 6.07) is 13.0. The molecule has 0 saturated carbocycles. The minimum Gasteiger partial charge on any atom is -0.497 e. The lowest BCUT2D eigenvalue weighted by Gasteiger charge is -2.39. The van der Waals surface area contributed by atoms with Crippen molar-refractivity contribution < 1.29 is 38.5 Å². The van der Waals surface area contributed by atoms with Crippen molar-refractivity contribution in [1.82, 2.24) is 4.90 Å². The van der Waals surface area contributed by atoms with E-state index in [0.717, 1.165) is 23.8 Å². The standard InChI is InChI=1S/C33H41N3O8Si/c1-19-31(45(4,5)24-11-9-23(42-3)10-12-24)27(16-28(39)35-14-6-7-22(35)18-37)44-33(19)25-15-21(8-13-26(25)34-32(33)41)36-29(40)17-30(36)43-20(2)38/h8-13,15,19,22,27,30-31,37H,6-7,14,16-18H2,1-5H3,(H,34,41)/t19-,22-,27+,30?,31-,33+/m0/s1. The Labute approximate surface area is 263 Å². The molecule has 2 N–H and O–H groups in total. The van der Waals surface area contributed by atoms with E-state index in [0.29, 0.717) is 23.5 Å². The number of likely N-dealkylation sites (tertiary alicyclic amines) is 1. The minimum atomic E-state index is -2.46. The predicted molar refractivity (Wildman–Crippen MR) is 169 cm³/mol. The molecule has 3 fully saturated rings. The molecule has 2 aromatic rings. The van der Waals surface area contributed by atoms with Gasteiger partial charge in [0.25, 0.3) is 5.91 Å². The molecule has 4 heterocycles. The van der Waals surface area contributed by atoms with E-state index in [1.54, 1.807) is 30.2 Å². The molecule has 11 nitrogen and oxygen atoms in total. The van der Waals surface area contributed by atoms with E-state index in [-0.39, 0.29) is 54.7 Å². The summed E-state index contributed by atoms with van der Waals surface area (Å²) in [4.78, 5) is 55.4. The molecule has 3 amide bonds. The lowest BCUT2D eigenvalue weighted by atomic mass is 9.82. The van der Waals surface area contributed by atoms with Gasteiger partial charge in [0.1, 0.15) is 5.75 Å². The van der Waals surface area contributed by atoms with Crippen LogP contribution in [0, 0.1) is 5.92 Å². The highest BCUT2D eigenvalue weighted by Crippen LogP contribution is 2.59. The number of hydrogen-bond acceptors (Lipinski definition) is 8. The number of hydrogen-bond donors (Lipinski definition) is 2. The summed E-state index contributed by atoms with van der Waals surface area (Å²) >= 11 is 0. The first-order valence-corrected chi connectivity index (χ1v) is 18.7. The Morgan fingerprint density at radius 1 is 1.16 bits per heavy atom. The van der Waals surface area contributed by atoms with Gasteiger partial charge in [-0.2, -0.15) is 0 Å². The second kappa shape index (κ2) is 11.6. The number of rotatable bonds is 8. The summed E-state index contributed by atoms with van der Waals surface area (Å²) in [7, 11) is -0.833. The molecule has 4 aliphatic rings. The molecule has 0 aromatic heterocycles. The summed E-state index contributed by atoms with van der Waals surface area (Å²) in [5.41, 5.74) is 0.150. The lowest BCUT2D eigenvalue weighted by molar-refractivity contribution is -0.154. The van der Waals surface area contributed by atoms with Crippen molar-refractivity contribution in [2.24, 2.45) is 5.92 Å². The molecule has 2 aromatic carbocycles. The van der Waals surface area contributed by atoms with Gasteiger partial charge >= 0.3 is 5.97 Å². The number of amides is 3. The first-order chi connectivity index (χ1) is 21.4. The van der Waals surface area contributed by atoms with Gasteiger partial charge in [-0.25, -0.2) is 0 Å². The van der Waals surface area contributed by atoms with Gasteiger partial charge in [-0.15, -0.1) is 0 Å². The summed E-state index contributed by atoms with van der Waals surface area (Å²) in [5.74, 6) is -0.654. The molecule has 3 saturated heterocycles. The van der Waals surface area contributed by atoms with Crippen LogP contribution in [0.15, 0.2) is 42.5 Å². The molecule has 1 spiro atoms. The van der Waals surface area contributed by atoms with Crippen molar-refractivity contribution >= 4 is 48.3 Å². The molecule has 6 atom stereocenters. The minimum absolute atomic E-state index is 0.0846. The number of nitrogens with one attached hydrogen (secondary N) is 1. The largest absolute Gasteiger partial charge is 0.497 e. The van der Waals surface area contributed by atoms with Crippen LogP contribution in [0.25, 0.3) is 0 Å². The fourth-order valence-corrected chi connectivity index (χ4v) is 12.1. The molecule has 12 heteroatoms. The summed E-state index contributed by atoms with van der Waals surface area (Å²) in [6.45, 7) is 8.31. The maximum absolute atomic E-state index is 14.1. The van der Waals surface area contributed by atoms with Crippen molar-refractivity contribution in [3.05, 3.63) is 48.0 Å². The Balaban J connectivity index is 1.41. The monoisotopic (exact) mass is 635 g/mol. The van der Waals surface area contributed by atoms with Crippen LogP contribution in [0.5, 0.6) is 5.75 Å². The van der Waals surface area contributed by atoms with Crippen molar-refractivity contribution in [2.75, 3.05) is 30.5 Å². The third-order valence-corrected chi connectivity index (χ3v) is 14.7. The molecule has 0 radical (unpaired) electrons. The molecule has 1 unspecified atom stereocenters. The number of β-lactam (4-membered cyclic amide) rings is 1.